The fraction of sp³-hybridized carbons (Fsp3) is 0.294. The number of hydrogen-bond acceptors (Lipinski definition) is 2. The summed E-state index contributed by atoms with van der Waals surface area (Å²) < 4.78 is 16.8. The molecule has 3 N–H and O–H groups in total. The summed E-state index contributed by atoms with van der Waals surface area (Å²) in [7, 11) is 0. The van der Waals surface area contributed by atoms with Crippen molar-refractivity contribution in [1.82, 2.24) is 14.5 Å². The molecule has 0 saturated carbocycles. The third-order valence-corrected chi connectivity index (χ3v) is 7.70. The number of nitrogens with zero attached hydrogens (tertiary/aromatic N) is 1. The largest absolute Gasteiger partial charge is 0.477 e. The molecule has 0 saturated heterocycles. The van der Waals surface area contributed by atoms with Crippen LogP contribution in [0.25, 0.3) is 44.2 Å². The smallest absolute Gasteiger partial charge is 0.352 e. The molecule has 0 unspecified atom stereocenters. The number of Topliss-reactive ketones (excluding diaryl/α,β-unsaturated/α-hetero) is 1. The van der Waals surface area contributed by atoms with Crippen molar-refractivity contribution in [3.05, 3.63) is 71.9 Å². The van der Waals surface area contributed by atoms with Crippen molar-refractivity contribution in [2.75, 3.05) is 0 Å². The molecular weight excluding hydrogens is 517 g/mol. The number of aromatic carboxylic acids is 1. The van der Waals surface area contributed by atoms with E-state index in [1.807, 2.05) is 50.4 Å². The summed E-state index contributed by atoms with van der Waals surface area (Å²) in [5.74, 6) is 1.33. The second-order valence-electron chi connectivity index (χ2n) is 10.8. The van der Waals surface area contributed by atoms with E-state index in [1.165, 1.54) is 12.1 Å². The SMILES string of the molecule is C#CCCCCC(=O)CCCn1ccc2c(-c3c(C(=O)O)[nH]c(-c4cc(F)cc5[nH]ccc45)c3C(C)C)cccc21. The Morgan fingerprint density at radius 3 is 2.61 bits per heavy atom. The molecule has 0 aliphatic heterocycles. The number of ketones is 1. The summed E-state index contributed by atoms with van der Waals surface area (Å²) in [5.41, 5.74) is 5.15. The number of carbonyl (C=O) groups is 2. The van der Waals surface area contributed by atoms with Crippen LogP contribution in [0.4, 0.5) is 4.39 Å². The van der Waals surface area contributed by atoms with Gasteiger partial charge in [-0.2, -0.15) is 0 Å². The van der Waals surface area contributed by atoms with Gasteiger partial charge in [-0.05, 0) is 66.6 Å². The normalized spacial score (nSPS) is 11.5. The molecule has 41 heavy (non-hydrogen) atoms. The fourth-order valence-corrected chi connectivity index (χ4v) is 5.84. The number of halogens is 1. The molecule has 5 rings (SSSR count). The van der Waals surface area contributed by atoms with Crippen molar-refractivity contribution in [2.24, 2.45) is 0 Å². The van der Waals surface area contributed by atoms with Crippen LogP contribution in [-0.2, 0) is 11.3 Å². The van der Waals surface area contributed by atoms with Gasteiger partial charge in [0, 0.05) is 71.1 Å². The summed E-state index contributed by atoms with van der Waals surface area (Å²) in [6.45, 7) is 4.72. The predicted molar refractivity (Wildman–Crippen MR) is 162 cm³/mol. The molecule has 2 aromatic carbocycles. The minimum absolute atomic E-state index is 0.0504. The Morgan fingerprint density at radius 1 is 1.05 bits per heavy atom. The van der Waals surface area contributed by atoms with Gasteiger partial charge >= 0.3 is 5.97 Å². The van der Waals surface area contributed by atoms with Crippen molar-refractivity contribution in [3.8, 4) is 34.7 Å². The summed E-state index contributed by atoms with van der Waals surface area (Å²) >= 11 is 0. The fourth-order valence-electron chi connectivity index (χ4n) is 5.84. The average molecular weight is 552 g/mol. The van der Waals surface area contributed by atoms with E-state index >= 15 is 0 Å². The van der Waals surface area contributed by atoms with Crippen LogP contribution < -0.4 is 0 Å². The number of aromatic amines is 2. The van der Waals surface area contributed by atoms with Gasteiger partial charge in [0.05, 0.1) is 5.69 Å². The lowest BCUT2D eigenvalue weighted by molar-refractivity contribution is -0.119. The molecule has 7 heteroatoms. The van der Waals surface area contributed by atoms with Gasteiger partial charge < -0.3 is 19.6 Å². The van der Waals surface area contributed by atoms with E-state index < -0.39 is 11.8 Å². The lowest BCUT2D eigenvalue weighted by Gasteiger charge is -2.14. The zero-order chi connectivity index (χ0) is 29.1. The number of carbonyl (C=O) groups excluding carboxylic acids is 1. The maximum Gasteiger partial charge on any atom is 0.352 e. The molecule has 0 fully saturated rings. The number of rotatable bonds is 12. The highest BCUT2D eigenvalue weighted by molar-refractivity contribution is 6.07. The van der Waals surface area contributed by atoms with Crippen LogP contribution in [0.1, 0.15) is 74.3 Å². The van der Waals surface area contributed by atoms with Crippen molar-refractivity contribution in [1.29, 1.82) is 0 Å². The molecule has 210 valence electrons. The second-order valence-corrected chi connectivity index (χ2v) is 10.8. The summed E-state index contributed by atoms with van der Waals surface area (Å²) in [4.78, 5) is 31.1. The Kier molecular flexibility index (Phi) is 8.11. The monoisotopic (exact) mass is 551 g/mol. The molecule has 3 aromatic heterocycles. The van der Waals surface area contributed by atoms with Gasteiger partial charge in [0.15, 0.2) is 0 Å². The summed E-state index contributed by atoms with van der Waals surface area (Å²) in [5, 5.41) is 12.0. The van der Waals surface area contributed by atoms with E-state index in [2.05, 4.69) is 20.5 Å². The Labute approximate surface area is 238 Å². The molecule has 0 amide bonds. The third kappa shape index (κ3) is 5.55. The minimum atomic E-state index is -1.08. The molecule has 0 radical (unpaired) electrons. The first-order valence-corrected chi connectivity index (χ1v) is 14.1. The first-order valence-electron chi connectivity index (χ1n) is 14.1. The first-order chi connectivity index (χ1) is 19.8. The van der Waals surface area contributed by atoms with Crippen molar-refractivity contribution in [2.45, 2.75) is 64.8 Å². The summed E-state index contributed by atoms with van der Waals surface area (Å²) in [6.07, 6.45) is 13.2. The molecule has 0 spiro atoms. The molecule has 3 heterocycles. The zero-order valence-corrected chi connectivity index (χ0v) is 23.4. The minimum Gasteiger partial charge on any atom is -0.477 e. The Hall–Kier alpha value is -4.57. The molecule has 0 atom stereocenters. The van der Waals surface area contributed by atoms with Gasteiger partial charge in [0.1, 0.15) is 17.3 Å². The van der Waals surface area contributed by atoms with E-state index in [-0.39, 0.29) is 17.4 Å². The molecule has 5 aromatic rings. The number of benzene rings is 2. The first kappa shape index (κ1) is 28.0. The highest BCUT2D eigenvalue weighted by Gasteiger charge is 2.28. The number of unbranched alkanes of at least 4 members (excludes halogenated alkanes) is 2. The molecule has 6 nitrogen and oxygen atoms in total. The number of carboxylic acid groups (broad SMARTS) is 1. The Morgan fingerprint density at radius 2 is 1.85 bits per heavy atom. The van der Waals surface area contributed by atoms with Crippen molar-refractivity contribution >= 4 is 33.6 Å². The Bertz CT molecular complexity index is 1780. The highest BCUT2D eigenvalue weighted by Crippen LogP contribution is 2.44. The number of H-pyrrole nitrogens is 2. The van der Waals surface area contributed by atoms with Gasteiger partial charge in [-0.3, -0.25) is 4.79 Å². The van der Waals surface area contributed by atoms with E-state index in [0.717, 1.165) is 46.7 Å². The van der Waals surface area contributed by atoms with Crippen LogP contribution >= 0.6 is 0 Å². The maximum atomic E-state index is 14.7. The van der Waals surface area contributed by atoms with E-state index in [1.54, 1.807) is 6.20 Å². The van der Waals surface area contributed by atoms with Gasteiger partial charge in [0.2, 0.25) is 0 Å². The maximum absolute atomic E-state index is 14.7. The lowest BCUT2D eigenvalue weighted by Crippen LogP contribution is -2.02. The standard InChI is InChI=1S/C34H34FN3O3/c1-4-5-6-7-10-23(39)11-9-17-38-18-15-25-26(12-8-13-29(25)38)31-30(21(2)3)32(37-33(31)34(40)41)27-19-22(35)20-28-24(27)14-16-36-28/h1,8,12-16,18-21,36-37H,5-7,9-11,17H2,2-3H3,(H,40,41). The van der Waals surface area contributed by atoms with Crippen molar-refractivity contribution < 1.29 is 19.1 Å². The molecule has 0 bridgehead atoms. The summed E-state index contributed by atoms with van der Waals surface area (Å²) in [6, 6.07) is 12.6. The lowest BCUT2D eigenvalue weighted by atomic mass is 9.89. The van der Waals surface area contributed by atoms with E-state index in [4.69, 9.17) is 6.42 Å². The number of terminal acetylenes is 1. The van der Waals surface area contributed by atoms with Crippen LogP contribution in [-0.4, -0.2) is 31.4 Å². The van der Waals surface area contributed by atoms with Crippen LogP contribution in [0.3, 0.4) is 0 Å². The molecule has 0 aliphatic rings. The number of aryl methyl sites for hydroxylation is 1. The van der Waals surface area contributed by atoms with Crippen LogP contribution in [0.2, 0.25) is 0 Å². The second kappa shape index (κ2) is 11.9. The van der Waals surface area contributed by atoms with Crippen LogP contribution in [0.5, 0.6) is 0 Å². The zero-order valence-electron chi connectivity index (χ0n) is 23.4. The number of carboxylic acids is 1. The number of nitrogens with one attached hydrogen (secondary N) is 2. The predicted octanol–water partition coefficient (Wildman–Crippen LogP) is 8.29. The number of hydrogen-bond donors (Lipinski definition) is 3. The number of aromatic nitrogens is 3. The van der Waals surface area contributed by atoms with Gasteiger partial charge in [-0.1, -0.05) is 26.0 Å². The quantitative estimate of drug-likeness (QED) is 0.108. The molecular formula is C34H34FN3O3. The Balaban J connectivity index is 1.53. The van der Waals surface area contributed by atoms with Gasteiger partial charge in [0.25, 0.3) is 0 Å². The molecule has 0 aliphatic carbocycles. The number of fused-ring (bicyclic) bond motifs is 2. The van der Waals surface area contributed by atoms with Crippen LogP contribution in [0, 0.1) is 18.2 Å². The topological polar surface area (TPSA) is 90.9 Å². The third-order valence-electron chi connectivity index (χ3n) is 7.70. The average Bonchev–Trinajstić information content (AvgIpc) is 3.67. The van der Waals surface area contributed by atoms with E-state index in [0.29, 0.717) is 48.1 Å². The van der Waals surface area contributed by atoms with Gasteiger partial charge in [-0.25, -0.2) is 9.18 Å². The van der Waals surface area contributed by atoms with Gasteiger partial charge in [-0.15, -0.1) is 12.3 Å². The highest BCUT2D eigenvalue weighted by atomic mass is 19.1. The van der Waals surface area contributed by atoms with Crippen LogP contribution in [0.15, 0.2) is 54.9 Å². The van der Waals surface area contributed by atoms with E-state index in [9.17, 15) is 19.1 Å². The van der Waals surface area contributed by atoms with Crippen molar-refractivity contribution in [3.63, 3.8) is 0 Å².